The number of methoxy groups -OCH3 is 3. The van der Waals surface area contributed by atoms with Crippen LogP contribution in [-0.2, 0) is 9.59 Å². The molecule has 1 aliphatic heterocycles. The second-order valence-corrected chi connectivity index (χ2v) is 7.76. The smallest absolute Gasteiger partial charge is 0.295 e. The Morgan fingerprint density at radius 2 is 1.64 bits per heavy atom. The van der Waals surface area contributed by atoms with Crippen LogP contribution < -0.4 is 14.2 Å². The summed E-state index contributed by atoms with van der Waals surface area (Å²) in [6, 6.07) is 7.95. The molecule has 33 heavy (non-hydrogen) atoms. The third kappa shape index (κ3) is 4.63. The summed E-state index contributed by atoms with van der Waals surface area (Å²) in [6.45, 7) is 0.734. The van der Waals surface area contributed by atoms with E-state index in [1.165, 1.54) is 38.4 Å². The monoisotopic (exact) mass is 458 g/mol. The van der Waals surface area contributed by atoms with Gasteiger partial charge in [-0.25, -0.2) is 4.39 Å². The molecule has 9 heteroatoms. The zero-order valence-corrected chi connectivity index (χ0v) is 19.2. The Bertz CT molecular complexity index is 1100. The van der Waals surface area contributed by atoms with Crippen molar-refractivity contribution in [2.75, 3.05) is 48.5 Å². The molecular weight excluding hydrogens is 431 g/mol. The van der Waals surface area contributed by atoms with Crippen molar-refractivity contribution in [3.63, 3.8) is 0 Å². The summed E-state index contributed by atoms with van der Waals surface area (Å²) in [4.78, 5) is 29.3. The minimum absolute atomic E-state index is 0.00516. The number of likely N-dealkylation sites (tertiary alicyclic amines) is 1. The van der Waals surface area contributed by atoms with Gasteiger partial charge in [0.25, 0.3) is 11.7 Å². The molecule has 0 bridgehead atoms. The number of halogens is 1. The number of hydrogen-bond acceptors (Lipinski definition) is 7. The van der Waals surface area contributed by atoms with Crippen molar-refractivity contribution >= 4 is 17.4 Å². The molecule has 1 aliphatic rings. The zero-order valence-electron chi connectivity index (χ0n) is 19.2. The first-order valence-corrected chi connectivity index (χ1v) is 10.2. The van der Waals surface area contributed by atoms with E-state index in [1.54, 1.807) is 18.2 Å². The fourth-order valence-electron chi connectivity index (χ4n) is 3.76. The standard InChI is InChI=1S/C24H27FN2O6/c1-26(2)10-11-27-21(14-6-9-18(32-4)19(13-14)33-5)20(23(29)24(27)30)22(28)15-7-8-17(31-3)16(25)12-15/h6-9,12-13,21,28H,10-11H2,1-5H3/b22-20+/t21-/m0/s1. The molecule has 2 aromatic rings. The number of aliphatic hydroxyl groups excluding tert-OH is 1. The average Bonchev–Trinajstić information content (AvgIpc) is 3.06. The fourth-order valence-corrected chi connectivity index (χ4v) is 3.76. The van der Waals surface area contributed by atoms with Crippen LogP contribution in [-0.4, -0.2) is 75.1 Å². The lowest BCUT2D eigenvalue weighted by Gasteiger charge is -2.27. The van der Waals surface area contributed by atoms with Crippen LogP contribution in [0.5, 0.6) is 17.2 Å². The molecule has 1 heterocycles. The number of nitrogens with zero attached hydrogens (tertiary/aromatic N) is 2. The van der Waals surface area contributed by atoms with E-state index in [2.05, 4.69) is 0 Å². The Morgan fingerprint density at radius 1 is 1.00 bits per heavy atom. The number of likely N-dealkylation sites (N-methyl/N-ethyl adjacent to an activating group) is 1. The minimum atomic E-state index is -0.894. The molecule has 0 saturated carbocycles. The fraction of sp³-hybridized carbons (Fsp3) is 0.333. The highest BCUT2D eigenvalue weighted by molar-refractivity contribution is 6.46. The van der Waals surface area contributed by atoms with Gasteiger partial charge in [0, 0.05) is 18.7 Å². The molecule has 1 N–H and O–H groups in total. The van der Waals surface area contributed by atoms with E-state index in [0.717, 1.165) is 6.07 Å². The van der Waals surface area contributed by atoms with Gasteiger partial charge in [-0.2, -0.15) is 0 Å². The van der Waals surface area contributed by atoms with Crippen LogP contribution in [0.25, 0.3) is 5.76 Å². The number of Topliss-reactive ketones (excluding diaryl/α,β-unsaturated/α-hetero) is 1. The van der Waals surface area contributed by atoms with Gasteiger partial charge in [0.05, 0.1) is 32.9 Å². The van der Waals surface area contributed by atoms with Crippen molar-refractivity contribution in [3.8, 4) is 17.2 Å². The summed E-state index contributed by atoms with van der Waals surface area (Å²) >= 11 is 0. The second-order valence-electron chi connectivity index (χ2n) is 7.76. The summed E-state index contributed by atoms with van der Waals surface area (Å²) in [6.07, 6.45) is 0. The van der Waals surface area contributed by atoms with E-state index in [4.69, 9.17) is 14.2 Å². The number of ketones is 1. The number of carbonyl (C=O) groups excluding carboxylic acids is 2. The molecule has 8 nitrogen and oxygen atoms in total. The maximum Gasteiger partial charge on any atom is 0.295 e. The first kappa shape index (κ1) is 24.1. The summed E-state index contributed by atoms with van der Waals surface area (Å²) in [5.74, 6) is -1.88. The average molecular weight is 458 g/mol. The maximum atomic E-state index is 14.3. The number of amides is 1. The van der Waals surface area contributed by atoms with Crippen LogP contribution in [0.3, 0.4) is 0 Å². The molecule has 1 saturated heterocycles. The van der Waals surface area contributed by atoms with E-state index in [9.17, 15) is 19.1 Å². The van der Waals surface area contributed by atoms with Gasteiger partial charge in [-0.3, -0.25) is 9.59 Å². The van der Waals surface area contributed by atoms with Crippen LogP contribution >= 0.6 is 0 Å². The molecule has 1 atom stereocenters. The third-order valence-electron chi connectivity index (χ3n) is 5.48. The van der Waals surface area contributed by atoms with Crippen LogP contribution in [0, 0.1) is 5.82 Å². The van der Waals surface area contributed by atoms with Crippen molar-refractivity contribution in [3.05, 3.63) is 58.9 Å². The quantitative estimate of drug-likeness (QED) is 0.370. The van der Waals surface area contributed by atoms with E-state index < -0.39 is 29.3 Å². The van der Waals surface area contributed by atoms with Crippen molar-refractivity contribution < 1.29 is 33.3 Å². The molecular formula is C24H27FN2O6. The van der Waals surface area contributed by atoms with Crippen molar-refractivity contribution in [2.24, 2.45) is 0 Å². The lowest BCUT2D eigenvalue weighted by atomic mass is 9.95. The topological polar surface area (TPSA) is 88.5 Å². The third-order valence-corrected chi connectivity index (χ3v) is 5.48. The summed E-state index contributed by atoms with van der Waals surface area (Å²) in [5, 5.41) is 11.1. The number of benzene rings is 2. The van der Waals surface area contributed by atoms with E-state index in [-0.39, 0.29) is 23.4 Å². The molecule has 0 aromatic heterocycles. The number of rotatable bonds is 8. The van der Waals surface area contributed by atoms with Gasteiger partial charge >= 0.3 is 0 Å². The highest BCUT2D eigenvalue weighted by Crippen LogP contribution is 2.42. The first-order chi connectivity index (χ1) is 15.7. The van der Waals surface area contributed by atoms with Gasteiger partial charge in [-0.1, -0.05) is 6.07 Å². The van der Waals surface area contributed by atoms with Gasteiger partial charge in [0.15, 0.2) is 23.1 Å². The van der Waals surface area contributed by atoms with Crippen LogP contribution in [0.1, 0.15) is 17.2 Å². The molecule has 3 rings (SSSR count). The Kier molecular flexibility index (Phi) is 7.23. The van der Waals surface area contributed by atoms with Crippen molar-refractivity contribution in [1.29, 1.82) is 0 Å². The molecule has 0 spiro atoms. The number of carbonyl (C=O) groups is 2. The molecule has 0 aliphatic carbocycles. The van der Waals surface area contributed by atoms with Crippen LogP contribution in [0.2, 0.25) is 0 Å². The van der Waals surface area contributed by atoms with Gasteiger partial charge < -0.3 is 29.1 Å². The minimum Gasteiger partial charge on any atom is -0.507 e. The Labute approximate surface area is 191 Å². The number of ether oxygens (including phenoxy) is 3. The summed E-state index contributed by atoms with van der Waals surface area (Å²) in [5.41, 5.74) is 0.473. The highest BCUT2D eigenvalue weighted by Gasteiger charge is 2.46. The van der Waals surface area contributed by atoms with Crippen LogP contribution in [0.4, 0.5) is 4.39 Å². The summed E-state index contributed by atoms with van der Waals surface area (Å²) in [7, 11) is 8.00. The molecule has 176 valence electrons. The molecule has 2 aromatic carbocycles. The van der Waals surface area contributed by atoms with E-state index >= 15 is 0 Å². The SMILES string of the molecule is COc1ccc(/C(O)=C2\C(=O)C(=O)N(CCN(C)C)[C@H]2c2ccc(OC)c(OC)c2)cc1F. The number of aliphatic hydroxyl groups is 1. The predicted octanol–water partition coefficient (Wildman–Crippen LogP) is 2.83. The molecule has 0 radical (unpaired) electrons. The van der Waals surface area contributed by atoms with Gasteiger partial charge in [-0.15, -0.1) is 0 Å². The van der Waals surface area contributed by atoms with E-state index in [0.29, 0.717) is 23.6 Å². The lowest BCUT2D eigenvalue weighted by molar-refractivity contribution is -0.140. The van der Waals surface area contributed by atoms with Crippen molar-refractivity contribution in [2.45, 2.75) is 6.04 Å². The van der Waals surface area contributed by atoms with E-state index in [1.807, 2.05) is 19.0 Å². The largest absolute Gasteiger partial charge is 0.507 e. The van der Waals surface area contributed by atoms with Gasteiger partial charge in [0.1, 0.15) is 5.76 Å². The Hall–Kier alpha value is -3.59. The predicted molar refractivity (Wildman–Crippen MR) is 120 cm³/mol. The van der Waals surface area contributed by atoms with Crippen LogP contribution in [0.15, 0.2) is 42.0 Å². The molecule has 1 fully saturated rings. The lowest BCUT2D eigenvalue weighted by Crippen LogP contribution is -2.35. The molecule has 0 unspecified atom stereocenters. The zero-order chi connectivity index (χ0) is 24.3. The number of hydrogen-bond donors (Lipinski definition) is 1. The van der Waals surface area contributed by atoms with Gasteiger partial charge in [0.2, 0.25) is 0 Å². The first-order valence-electron chi connectivity index (χ1n) is 10.2. The summed E-state index contributed by atoms with van der Waals surface area (Å²) < 4.78 is 29.9. The molecule has 1 amide bonds. The Balaban J connectivity index is 2.19. The highest BCUT2D eigenvalue weighted by atomic mass is 19.1. The second kappa shape index (κ2) is 9.91. The van der Waals surface area contributed by atoms with Crippen molar-refractivity contribution in [1.82, 2.24) is 9.80 Å². The van der Waals surface area contributed by atoms with Gasteiger partial charge in [-0.05, 0) is 50.0 Å². The Morgan fingerprint density at radius 3 is 2.21 bits per heavy atom. The normalized spacial score (nSPS) is 17.5. The maximum absolute atomic E-state index is 14.3.